The summed E-state index contributed by atoms with van der Waals surface area (Å²) in [5.74, 6) is -0.755. The van der Waals surface area contributed by atoms with Crippen LogP contribution in [0.25, 0.3) is 0 Å². The van der Waals surface area contributed by atoms with Gasteiger partial charge in [0.1, 0.15) is 0 Å². The second-order valence-corrected chi connectivity index (χ2v) is 5.88. The number of hydrogen-bond donors (Lipinski definition) is 1. The highest BCUT2D eigenvalue weighted by Gasteiger charge is 2.40. The van der Waals surface area contributed by atoms with E-state index in [0.29, 0.717) is 17.0 Å². The van der Waals surface area contributed by atoms with Crippen molar-refractivity contribution in [2.45, 2.75) is 45.6 Å². The molecule has 0 heterocycles. The average Bonchev–Trinajstić information content (AvgIpc) is 2.32. The van der Waals surface area contributed by atoms with Gasteiger partial charge in [0.05, 0.1) is 0 Å². The Hall–Kier alpha value is -0.960. The lowest BCUT2D eigenvalue weighted by molar-refractivity contribution is 0.159. The van der Waals surface area contributed by atoms with Crippen molar-refractivity contribution in [2.24, 2.45) is 17.6 Å². The lowest BCUT2D eigenvalue weighted by Crippen LogP contribution is -2.47. The monoisotopic (exact) mass is 253 g/mol. The highest BCUT2D eigenvalue weighted by molar-refractivity contribution is 5.32. The fraction of sp³-hybridized carbons (Fsp3) is 0.600. The number of rotatable bonds is 1. The van der Waals surface area contributed by atoms with E-state index in [1.807, 2.05) is 6.92 Å². The Labute approximate surface area is 107 Å². The largest absolute Gasteiger partial charge is 0.321 e. The first-order chi connectivity index (χ1) is 8.36. The summed E-state index contributed by atoms with van der Waals surface area (Å²) in [6.45, 7) is 5.78. The first-order valence-corrected chi connectivity index (χ1v) is 6.60. The molecule has 0 saturated heterocycles. The summed E-state index contributed by atoms with van der Waals surface area (Å²) >= 11 is 0. The Kier molecular flexibility index (Phi) is 3.45. The van der Waals surface area contributed by atoms with Gasteiger partial charge in [-0.25, -0.2) is 8.78 Å². The van der Waals surface area contributed by atoms with Crippen LogP contribution in [0.15, 0.2) is 12.1 Å². The molecule has 2 N–H and O–H groups in total. The van der Waals surface area contributed by atoms with Crippen LogP contribution >= 0.6 is 0 Å². The summed E-state index contributed by atoms with van der Waals surface area (Å²) in [5, 5.41) is 0. The van der Waals surface area contributed by atoms with Crippen LogP contribution in [0.3, 0.4) is 0 Å². The molecule has 1 aromatic rings. The molecule has 0 amide bonds. The second-order valence-electron chi connectivity index (χ2n) is 5.88. The number of benzene rings is 1. The second kappa shape index (κ2) is 4.61. The zero-order valence-corrected chi connectivity index (χ0v) is 11.3. The maximum Gasteiger partial charge on any atom is 0.164 e. The lowest BCUT2D eigenvalue weighted by atomic mass is 9.67. The quantitative estimate of drug-likeness (QED) is 0.807. The topological polar surface area (TPSA) is 26.0 Å². The van der Waals surface area contributed by atoms with E-state index in [0.717, 1.165) is 19.3 Å². The van der Waals surface area contributed by atoms with Crippen LogP contribution in [-0.2, 0) is 5.54 Å². The maximum absolute atomic E-state index is 14.1. The van der Waals surface area contributed by atoms with E-state index < -0.39 is 17.2 Å². The normalized spacial score (nSPS) is 32.6. The SMILES string of the molecule is Cc1ccc(C2(N)CCC(C)CC2C)c(F)c1F. The predicted molar refractivity (Wildman–Crippen MR) is 69.1 cm³/mol. The molecular formula is C15H21F2N. The molecule has 1 fully saturated rings. The Morgan fingerprint density at radius 2 is 1.89 bits per heavy atom. The number of hydrogen-bond acceptors (Lipinski definition) is 1. The third-order valence-electron chi connectivity index (χ3n) is 4.46. The zero-order valence-electron chi connectivity index (χ0n) is 11.3. The molecule has 1 aromatic carbocycles. The van der Waals surface area contributed by atoms with Crippen molar-refractivity contribution < 1.29 is 8.78 Å². The summed E-state index contributed by atoms with van der Waals surface area (Å²) < 4.78 is 27.8. The van der Waals surface area contributed by atoms with Crippen LogP contribution in [0.4, 0.5) is 8.78 Å². The van der Waals surface area contributed by atoms with E-state index >= 15 is 0 Å². The number of halogens is 2. The molecule has 1 aliphatic rings. The van der Waals surface area contributed by atoms with Crippen LogP contribution in [0.1, 0.15) is 44.2 Å². The van der Waals surface area contributed by atoms with Gasteiger partial charge in [0.15, 0.2) is 11.6 Å². The molecule has 1 aliphatic carbocycles. The minimum Gasteiger partial charge on any atom is -0.321 e. The summed E-state index contributed by atoms with van der Waals surface area (Å²) in [4.78, 5) is 0. The van der Waals surface area contributed by atoms with Crippen molar-refractivity contribution in [3.63, 3.8) is 0 Å². The zero-order chi connectivity index (χ0) is 13.5. The molecular weight excluding hydrogens is 232 g/mol. The van der Waals surface area contributed by atoms with Gasteiger partial charge in [0.2, 0.25) is 0 Å². The predicted octanol–water partition coefficient (Wildman–Crippen LogP) is 3.88. The molecule has 0 bridgehead atoms. The molecule has 1 nitrogen and oxygen atoms in total. The maximum atomic E-state index is 14.1. The van der Waals surface area contributed by atoms with E-state index in [1.165, 1.54) is 0 Å². The summed E-state index contributed by atoms with van der Waals surface area (Å²) in [7, 11) is 0. The molecule has 3 heteroatoms. The molecule has 0 aliphatic heterocycles. The van der Waals surface area contributed by atoms with Crippen molar-refractivity contribution in [3.05, 3.63) is 34.9 Å². The molecule has 3 atom stereocenters. The fourth-order valence-electron chi connectivity index (χ4n) is 3.07. The first kappa shape index (κ1) is 13.5. The standard InChI is InChI=1S/C15H21F2N/c1-9-6-7-15(18,11(3)8-9)12-5-4-10(2)13(16)14(12)17/h4-5,9,11H,6-8,18H2,1-3H3. The van der Waals surface area contributed by atoms with E-state index in [-0.39, 0.29) is 5.92 Å². The Morgan fingerprint density at radius 3 is 2.50 bits per heavy atom. The van der Waals surface area contributed by atoms with Crippen LogP contribution in [0.5, 0.6) is 0 Å². The van der Waals surface area contributed by atoms with E-state index in [2.05, 4.69) is 6.92 Å². The molecule has 0 aromatic heterocycles. The molecule has 3 unspecified atom stereocenters. The van der Waals surface area contributed by atoms with Crippen LogP contribution in [-0.4, -0.2) is 0 Å². The van der Waals surface area contributed by atoms with Gasteiger partial charge in [-0.15, -0.1) is 0 Å². The van der Waals surface area contributed by atoms with E-state index in [1.54, 1.807) is 19.1 Å². The molecule has 2 rings (SSSR count). The number of nitrogens with two attached hydrogens (primary N) is 1. The average molecular weight is 253 g/mol. The third kappa shape index (κ3) is 2.05. The molecule has 0 spiro atoms. The minimum atomic E-state index is -0.765. The summed E-state index contributed by atoms with van der Waals surface area (Å²) in [6.07, 6.45) is 2.65. The summed E-state index contributed by atoms with van der Waals surface area (Å²) in [6, 6.07) is 3.27. The van der Waals surface area contributed by atoms with Gasteiger partial charge in [-0.05, 0) is 43.6 Å². The Bertz CT molecular complexity index is 458. The van der Waals surface area contributed by atoms with Crippen LogP contribution < -0.4 is 5.73 Å². The molecule has 18 heavy (non-hydrogen) atoms. The van der Waals surface area contributed by atoms with Crippen molar-refractivity contribution in [1.82, 2.24) is 0 Å². The van der Waals surface area contributed by atoms with Crippen molar-refractivity contribution in [1.29, 1.82) is 0 Å². The smallest absolute Gasteiger partial charge is 0.164 e. The fourth-order valence-corrected chi connectivity index (χ4v) is 3.07. The first-order valence-electron chi connectivity index (χ1n) is 6.60. The highest BCUT2D eigenvalue weighted by atomic mass is 19.2. The van der Waals surface area contributed by atoms with Gasteiger partial charge in [0, 0.05) is 11.1 Å². The van der Waals surface area contributed by atoms with Gasteiger partial charge >= 0.3 is 0 Å². The third-order valence-corrected chi connectivity index (χ3v) is 4.46. The lowest BCUT2D eigenvalue weighted by Gasteiger charge is -2.42. The highest BCUT2D eigenvalue weighted by Crippen LogP contribution is 2.43. The van der Waals surface area contributed by atoms with Gasteiger partial charge in [-0.3, -0.25) is 0 Å². The van der Waals surface area contributed by atoms with E-state index in [9.17, 15) is 8.78 Å². The Balaban J connectivity index is 2.44. The van der Waals surface area contributed by atoms with Crippen LogP contribution in [0, 0.1) is 30.4 Å². The molecule has 0 radical (unpaired) electrons. The van der Waals surface area contributed by atoms with Gasteiger partial charge in [-0.2, -0.15) is 0 Å². The number of aryl methyl sites for hydroxylation is 1. The Morgan fingerprint density at radius 1 is 1.22 bits per heavy atom. The van der Waals surface area contributed by atoms with Crippen LogP contribution in [0.2, 0.25) is 0 Å². The van der Waals surface area contributed by atoms with Gasteiger partial charge in [0.25, 0.3) is 0 Å². The van der Waals surface area contributed by atoms with Crippen molar-refractivity contribution in [3.8, 4) is 0 Å². The van der Waals surface area contributed by atoms with E-state index in [4.69, 9.17) is 5.73 Å². The van der Waals surface area contributed by atoms with Crippen molar-refractivity contribution in [2.75, 3.05) is 0 Å². The molecule has 100 valence electrons. The molecule has 1 saturated carbocycles. The minimum absolute atomic E-state index is 0.165. The van der Waals surface area contributed by atoms with Gasteiger partial charge < -0.3 is 5.73 Å². The van der Waals surface area contributed by atoms with Gasteiger partial charge in [-0.1, -0.05) is 26.0 Å². The summed E-state index contributed by atoms with van der Waals surface area (Å²) in [5.41, 5.74) is 6.34. The van der Waals surface area contributed by atoms with Crippen molar-refractivity contribution >= 4 is 0 Å².